The van der Waals surface area contributed by atoms with E-state index in [1.807, 2.05) is 0 Å². The topological polar surface area (TPSA) is 43.4 Å². The minimum absolute atomic E-state index is 0. The lowest BCUT2D eigenvalue weighted by molar-refractivity contribution is 0.0254. The molecule has 5 heteroatoms. The highest BCUT2D eigenvalue weighted by Gasteiger charge is 2.33. The first-order valence-corrected chi connectivity index (χ1v) is 20.4. The molecule has 0 bridgehead atoms. The van der Waals surface area contributed by atoms with E-state index < -0.39 is 9.84 Å². The van der Waals surface area contributed by atoms with Crippen LogP contribution in [0.25, 0.3) is 0 Å². The minimum Gasteiger partial charge on any atom is -0.381 e. The maximum Gasteiger partial charge on any atom is 0.150 e. The van der Waals surface area contributed by atoms with E-state index in [2.05, 4.69) is 94.8 Å². The second-order valence-corrected chi connectivity index (χ2v) is 19.1. The fraction of sp³-hybridized carbons (Fsp3) is 1.00. The number of rotatable bonds is 9. The molecule has 0 aliphatic carbocycles. The number of hydrogen-bond acceptors (Lipinski definition) is 4. The third kappa shape index (κ3) is 16.6. The molecule has 0 atom stereocenters. The van der Waals surface area contributed by atoms with E-state index >= 15 is 0 Å². The zero-order chi connectivity index (χ0) is 31.3. The molecule has 262 valence electrons. The zero-order valence-corrected chi connectivity index (χ0v) is 31.1. The first-order valence-electron chi connectivity index (χ1n) is 17.4. The van der Waals surface area contributed by atoms with Crippen LogP contribution in [0.15, 0.2) is 0 Å². The molecule has 0 radical (unpaired) electrons. The van der Waals surface area contributed by atoms with E-state index in [0.717, 1.165) is 73.4 Å². The van der Waals surface area contributed by atoms with Crippen LogP contribution in [-0.2, 0) is 14.6 Å². The molecule has 0 saturated carbocycles. The third-order valence-electron chi connectivity index (χ3n) is 10.4. The summed E-state index contributed by atoms with van der Waals surface area (Å²) in [5, 5.41) is 0. The lowest BCUT2D eigenvalue weighted by atomic mass is 9.73. The summed E-state index contributed by atoms with van der Waals surface area (Å²) >= 11 is 2.14. The van der Waals surface area contributed by atoms with Gasteiger partial charge in [-0.15, -0.1) is 0 Å². The fourth-order valence-electron chi connectivity index (χ4n) is 9.07. The average Bonchev–Trinajstić information content (AvgIpc) is 2.86. The molecule has 0 unspecified atom stereocenters. The maximum atomic E-state index is 11.4. The Kier molecular flexibility index (Phi) is 24.0. The summed E-state index contributed by atoms with van der Waals surface area (Å²) < 4.78 is 28.1. The molecule has 0 aromatic carbocycles. The van der Waals surface area contributed by atoms with Gasteiger partial charge in [0.2, 0.25) is 0 Å². The van der Waals surface area contributed by atoms with Gasteiger partial charge in [-0.1, -0.05) is 97.9 Å². The van der Waals surface area contributed by atoms with Crippen molar-refractivity contribution in [1.29, 1.82) is 0 Å². The average molecular weight is 649 g/mol. The molecular weight excluding hydrogens is 569 g/mol. The highest BCUT2D eigenvalue weighted by atomic mass is 32.2. The second-order valence-electron chi connectivity index (χ2n) is 15.6. The van der Waals surface area contributed by atoms with Crippen molar-refractivity contribution in [3.05, 3.63) is 0 Å². The monoisotopic (exact) mass is 649 g/mol. The third-order valence-corrected chi connectivity index (χ3v) is 13.1. The van der Waals surface area contributed by atoms with Crippen molar-refractivity contribution in [2.45, 2.75) is 136 Å². The summed E-state index contributed by atoms with van der Waals surface area (Å²) in [4.78, 5) is 0. The van der Waals surface area contributed by atoms with Gasteiger partial charge in [-0.2, -0.15) is 11.8 Å². The largest absolute Gasteiger partial charge is 0.381 e. The van der Waals surface area contributed by atoms with Gasteiger partial charge in [0, 0.05) is 13.2 Å². The summed E-state index contributed by atoms with van der Waals surface area (Å²) in [6.07, 6.45) is 7.24. The molecule has 0 spiro atoms. The fourth-order valence-corrected chi connectivity index (χ4v) is 11.7. The highest BCUT2D eigenvalue weighted by molar-refractivity contribution is 7.99. The van der Waals surface area contributed by atoms with Crippen LogP contribution >= 0.6 is 11.8 Å². The molecular formula is C38H80O3S2. The first kappa shape index (κ1) is 45.4. The molecule has 0 aromatic heterocycles. The number of sulfone groups is 1. The van der Waals surface area contributed by atoms with Gasteiger partial charge in [0.15, 0.2) is 0 Å². The summed E-state index contributed by atoms with van der Waals surface area (Å²) in [5.41, 5.74) is 0. The number of hydrogen-bond donors (Lipinski definition) is 0. The van der Waals surface area contributed by atoms with Gasteiger partial charge in [-0.25, -0.2) is 8.42 Å². The van der Waals surface area contributed by atoms with Crippen LogP contribution in [0, 0.1) is 71.0 Å². The van der Waals surface area contributed by atoms with Crippen molar-refractivity contribution in [3.63, 3.8) is 0 Å². The van der Waals surface area contributed by atoms with Crippen molar-refractivity contribution < 1.29 is 13.2 Å². The lowest BCUT2D eigenvalue weighted by Crippen LogP contribution is -2.33. The Morgan fingerprint density at radius 1 is 0.488 bits per heavy atom. The predicted octanol–water partition coefficient (Wildman–Crippen LogP) is 11.4. The van der Waals surface area contributed by atoms with Crippen LogP contribution in [0.5, 0.6) is 0 Å². The Balaban J connectivity index is 0. The highest BCUT2D eigenvalue weighted by Crippen LogP contribution is 2.38. The van der Waals surface area contributed by atoms with Crippen molar-refractivity contribution in [3.8, 4) is 0 Å². The lowest BCUT2D eigenvalue weighted by Gasteiger charge is -2.35. The minimum atomic E-state index is -2.70. The molecule has 3 heterocycles. The first-order chi connectivity index (χ1) is 19.1. The Hall–Kier alpha value is 0.260. The van der Waals surface area contributed by atoms with Crippen molar-refractivity contribution in [1.82, 2.24) is 0 Å². The predicted molar refractivity (Wildman–Crippen MR) is 198 cm³/mol. The summed E-state index contributed by atoms with van der Waals surface area (Å²) in [7, 11) is -2.70. The van der Waals surface area contributed by atoms with E-state index in [1.165, 1.54) is 37.2 Å². The van der Waals surface area contributed by atoms with Gasteiger partial charge in [0.1, 0.15) is 9.84 Å². The molecule has 3 aliphatic heterocycles. The molecule has 3 rings (SSSR count). The van der Waals surface area contributed by atoms with E-state index in [9.17, 15) is 8.42 Å². The Morgan fingerprint density at radius 3 is 1.07 bits per heavy atom. The molecule has 0 N–H and O–H groups in total. The van der Waals surface area contributed by atoms with Gasteiger partial charge >= 0.3 is 0 Å². The molecule has 0 aromatic rings. The molecule has 3 aliphatic rings. The molecule has 3 nitrogen and oxygen atoms in total. The molecule has 3 saturated heterocycles. The van der Waals surface area contributed by atoms with E-state index in [-0.39, 0.29) is 14.9 Å². The summed E-state index contributed by atoms with van der Waals surface area (Å²) in [6.45, 7) is 30.0. The smallest absolute Gasteiger partial charge is 0.150 e. The van der Waals surface area contributed by atoms with Gasteiger partial charge in [0.25, 0.3) is 0 Å². The van der Waals surface area contributed by atoms with E-state index in [0.29, 0.717) is 35.2 Å². The van der Waals surface area contributed by atoms with Crippen LogP contribution in [0.1, 0.15) is 136 Å². The van der Waals surface area contributed by atoms with Crippen LogP contribution in [-0.4, -0.2) is 44.6 Å². The van der Waals surface area contributed by atoms with Gasteiger partial charge in [-0.3, -0.25) is 0 Å². The molecule has 3 fully saturated rings. The van der Waals surface area contributed by atoms with Crippen LogP contribution in [0.2, 0.25) is 0 Å². The quantitative estimate of drug-likeness (QED) is 0.249. The van der Waals surface area contributed by atoms with Crippen LogP contribution in [0.3, 0.4) is 0 Å². The van der Waals surface area contributed by atoms with Crippen molar-refractivity contribution in [2.24, 2.45) is 71.0 Å². The Morgan fingerprint density at radius 2 is 0.767 bits per heavy atom. The normalized spacial score (nSPS) is 20.4. The van der Waals surface area contributed by atoms with Gasteiger partial charge < -0.3 is 4.74 Å². The van der Waals surface area contributed by atoms with Crippen LogP contribution in [0.4, 0.5) is 0 Å². The summed E-state index contributed by atoms with van der Waals surface area (Å²) in [6, 6.07) is 0. The standard InChI is InChI=1S/C12H24O2S.C12H24O.C12H24S.2CH4/c1-9(2)12(10(3)4)11-5-7-15(13,14)8-6-11;2*1-9(2)12(10(3)4)11-5-7-13-8-6-11;;/h9-12H,5-8H2,1-4H3;2*9-12H,5-8H2,1-4H3;2*1H4. The van der Waals surface area contributed by atoms with Gasteiger partial charge in [-0.05, 0) is 121 Å². The summed E-state index contributed by atoms with van der Waals surface area (Å²) in [5.74, 6) is 13.4. The zero-order valence-electron chi connectivity index (χ0n) is 29.5. The maximum absolute atomic E-state index is 11.4. The van der Waals surface area contributed by atoms with Gasteiger partial charge in [0.05, 0.1) is 11.5 Å². The molecule has 43 heavy (non-hydrogen) atoms. The second kappa shape index (κ2) is 22.7. The Labute approximate surface area is 277 Å². The number of ether oxygens (including phenoxy) is 1. The van der Waals surface area contributed by atoms with Crippen molar-refractivity contribution in [2.75, 3.05) is 36.2 Å². The molecule has 0 amide bonds. The van der Waals surface area contributed by atoms with Crippen molar-refractivity contribution >= 4 is 21.6 Å². The van der Waals surface area contributed by atoms with E-state index in [4.69, 9.17) is 4.74 Å². The number of thioether (sulfide) groups is 1. The van der Waals surface area contributed by atoms with Crippen LogP contribution < -0.4 is 0 Å². The Bertz CT molecular complexity index is 688. The SMILES string of the molecule is C.C.CC(C)C(C(C)C)C1CCOCC1.CC(C)C(C(C)C)C1CCS(=O)(=O)CC1.CC(C)C(C(C)C)C1CCSCC1. The van der Waals surface area contributed by atoms with E-state index in [1.54, 1.807) is 0 Å².